The molecular formula is C16H21F3N2O. The quantitative estimate of drug-likeness (QED) is 0.904. The smallest absolute Gasteiger partial charge is 0.378 e. The normalized spacial score (nSPS) is 19.5. The zero-order chi connectivity index (χ0) is 15.6. The van der Waals surface area contributed by atoms with Crippen LogP contribution in [0.15, 0.2) is 18.2 Å². The van der Waals surface area contributed by atoms with E-state index in [0.29, 0.717) is 38.5 Å². The number of morpholine rings is 1. The number of nitrogens with one attached hydrogen (secondary N) is 1. The van der Waals surface area contributed by atoms with Crippen molar-refractivity contribution >= 4 is 5.69 Å². The zero-order valence-corrected chi connectivity index (χ0v) is 12.5. The van der Waals surface area contributed by atoms with E-state index in [0.717, 1.165) is 18.0 Å². The van der Waals surface area contributed by atoms with Gasteiger partial charge in [0, 0.05) is 25.3 Å². The molecule has 1 aliphatic heterocycles. The number of anilines is 1. The highest BCUT2D eigenvalue weighted by molar-refractivity contribution is 5.56. The van der Waals surface area contributed by atoms with Crippen LogP contribution in [-0.2, 0) is 17.5 Å². The monoisotopic (exact) mass is 314 g/mol. The summed E-state index contributed by atoms with van der Waals surface area (Å²) in [7, 11) is 0. The van der Waals surface area contributed by atoms with Crippen LogP contribution >= 0.6 is 0 Å². The molecule has 0 bridgehead atoms. The molecule has 1 heterocycles. The van der Waals surface area contributed by atoms with Crippen molar-refractivity contribution in [2.45, 2.75) is 25.6 Å². The van der Waals surface area contributed by atoms with Crippen molar-refractivity contribution in [2.75, 3.05) is 37.7 Å². The summed E-state index contributed by atoms with van der Waals surface area (Å²) in [6.07, 6.45) is -1.78. The Kier molecular flexibility index (Phi) is 4.59. The maximum atomic E-state index is 13.0. The van der Waals surface area contributed by atoms with E-state index in [1.54, 1.807) is 6.07 Å². The van der Waals surface area contributed by atoms with Crippen LogP contribution in [0.3, 0.4) is 0 Å². The van der Waals surface area contributed by atoms with Crippen LogP contribution < -0.4 is 10.2 Å². The summed E-state index contributed by atoms with van der Waals surface area (Å²) in [5, 5.41) is 3.36. The summed E-state index contributed by atoms with van der Waals surface area (Å²) in [6.45, 7) is 3.95. The van der Waals surface area contributed by atoms with Crippen molar-refractivity contribution in [1.82, 2.24) is 5.32 Å². The third-order valence-electron chi connectivity index (χ3n) is 4.21. The fraction of sp³-hybridized carbons (Fsp3) is 0.625. The Hall–Kier alpha value is -1.27. The lowest BCUT2D eigenvalue weighted by molar-refractivity contribution is -0.137. The van der Waals surface area contributed by atoms with Crippen LogP contribution in [-0.4, -0.2) is 32.8 Å². The van der Waals surface area contributed by atoms with Crippen molar-refractivity contribution in [3.63, 3.8) is 0 Å². The average molecular weight is 314 g/mol. The van der Waals surface area contributed by atoms with Gasteiger partial charge in [0.1, 0.15) is 0 Å². The molecule has 22 heavy (non-hydrogen) atoms. The predicted octanol–water partition coefficient (Wildman–Crippen LogP) is 3.04. The lowest BCUT2D eigenvalue weighted by Gasteiger charge is -2.31. The van der Waals surface area contributed by atoms with E-state index in [9.17, 15) is 13.2 Å². The summed E-state index contributed by atoms with van der Waals surface area (Å²) in [4.78, 5) is 1.99. The molecule has 122 valence electrons. The topological polar surface area (TPSA) is 24.5 Å². The molecule has 1 aromatic rings. The summed E-state index contributed by atoms with van der Waals surface area (Å²) in [5.41, 5.74) is 1.02. The highest BCUT2D eigenvalue weighted by Gasteiger charge is 2.32. The average Bonchev–Trinajstić information content (AvgIpc) is 3.31. The Bertz CT molecular complexity index is 509. The van der Waals surface area contributed by atoms with Crippen molar-refractivity contribution in [3.05, 3.63) is 29.3 Å². The van der Waals surface area contributed by atoms with Gasteiger partial charge in [-0.25, -0.2) is 0 Å². The van der Waals surface area contributed by atoms with Gasteiger partial charge < -0.3 is 15.0 Å². The largest absolute Gasteiger partial charge is 0.416 e. The highest BCUT2D eigenvalue weighted by Crippen LogP contribution is 2.34. The standard InChI is InChI=1S/C16H21F3N2O/c17-16(18,19)14-4-3-13(11-20-10-12-1-2-12)15(9-14)21-5-7-22-8-6-21/h3-4,9,12,20H,1-2,5-8,10-11H2. The summed E-state index contributed by atoms with van der Waals surface area (Å²) in [6, 6.07) is 4.06. The van der Waals surface area contributed by atoms with Gasteiger partial charge in [0.05, 0.1) is 18.8 Å². The Morgan fingerprint density at radius 2 is 1.91 bits per heavy atom. The van der Waals surface area contributed by atoms with E-state index >= 15 is 0 Å². The SMILES string of the molecule is FC(F)(F)c1ccc(CNCC2CC2)c(N2CCOCC2)c1. The summed E-state index contributed by atoms with van der Waals surface area (Å²) < 4.78 is 44.2. The van der Waals surface area contributed by atoms with Gasteiger partial charge in [0.25, 0.3) is 0 Å². The molecule has 0 unspecified atom stereocenters. The second-order valence-corrected chi connectivity index (χ2v) is 6.01. The third kappa shape index (κ3) is 3.93. The molecule has 0 atom stereocenters. The van der Waals surface area contributed by atoms with Crippen molar-refractivity contribution < 1.29 is 17.9 Å². The first-order valence-corrected chi connectivity index (χ1v) is 7.77. The number of benzene rings is 1. The molecule has 3 rings (SSSR count). The lowest BCUT2D eigenvalue weighted by atomic mass is 10.1. The predicted molar refractivity (Wildman–Crippen MR) is 78.9 cm³/mol. The van der Waals surface area contributed by atoms with Crippen molar-refractivity contribution in [3.8, 4) is 0 Å². The van der Waals surface area contributed by atoms with Gasteiger partial charge in [-0.3, -0.25) is 0 Å². The van der Waals surface area contributed by atoms with E-state index in [2.05, 4.69) is 5.32 Å². The first-order chi connectivity index (χ1) is 10.5. The van der Waals surface area contributed by atoms with Crippen LogP contribution in [0.5, 0.6) is 0 Å². The number of hydrogen-bond acceptors (Lipinski definition) is 3. The molecule has 0 aromatic heterocycles. The van der Waals surface area contributed by atoms with E-state index < -0.39 is 11.7 Å². The van der Waals surface area contributed by atoms with Gasteiger partial charge in [0.15, 0.2) is 0 Å². The van der Waals surface area contributed by atoms with Crippen molar-refractivity contribution in [1.29, 1.82) is 0 Å². The molecular weight excluding hydrogens is 293 g/mol. The molecule has 0 amide bonds. The molecule has 0 spiro atoms. The maximum Gasteiger partial charge on any atom is 0.416 e. The van der Waals surface area contributed by atoms with Gasteiger partial charge in [-0.15, -0.1) is 0 Å². The van der Waals surface area contributed by atoms with Crippen LogP contribution in [0, 0.1) is 5.92 Å². The number of hydrogen-bond donors (Lipinski definition) is 1. The van der Waals surface area contributed by atoms with Gasteiger partial charge in [-0.2, -0.15) is 13.2 Å². The highest BCUT2D eigenvalue weighted by atomic mass is 19.4. The fourth-order valence-electron chi connectivity index (χ4n) is 2.72. The molecule has 2 fully saturated rings. The van der Waals surface area contributed by atoms with E-state index in [4.69, 9.17) is 4.74 Å². The minimum atomic E-state index is -4.30. The number of rotatable bonds is 5. The minimum absolute atomic E-state index is 0.561. The van der Waals surface area contributed by atoms with Crippen LogP contribution in [0.4, 0.5) is 18.9 Å². The number of ether oxygens (including phenoxy) is 1. The zero-order valence-electron chi connectivity index (χ0n) is 12.5. The second kappa shape index (κ2) is 6.46. The van der Waals surface area contributed by atoms with Gasteiger partial charge in [0.2, 0.25) is 0 Å². The second-order valence-electron chi connectivity index (χ2n) is 6.01. The molecule has 1 aromatic carbocycles. The number of nitrogens with zero attached hydrogens (tertiary/aromatic N) is 1. The maximum absolute atomic E-state index is 13.0. The molecule has 1 aliphatic carbocycles. The molecule has 1 N–H and O–H groups in total. The Balaban J connectivity index is 1.79. The number of halogens is 3. The van der Waals surface area contributed by atoms with Crippen LogP contribution in [0.1, 0.15) is 24.0 Å². The van der Waals surface area contributed by atoms with Gasteiger partial charge >= 0.3 is 6.18 Å². The minimum Gasteiger partial charge on any atom is -0.378 e. The Morgan fingerprint density at radius 1 is 1.18 bits per heavy atom. The molecule has 1 saturated heterocycles. The van der Waals surface area contributed by atoms with Crippen LogP contribution in [0.25, 0.3) is 0 Å². The molecule has 2 aliphatic rings. The van der Waals surface area contributed by atoms with Gasteiger partial charge in [-0.05, 0) is 43.0 Å². The van der Waals surface area contributed by atoms with E-state index in [1.807, 2.05) is 4.90 Å². The summed E-state index contributed by atoms with van der Waals surface area (Å²) >= 11 is 0. The van der Waals surface area contributed by atoms with E-state index in [-0.39, 0.29) is 0 Å². The molecule has 1 saturated carbocycles. The molecule has 6 heteroatoms. The lowest BCUT2D eigenvalue weighted by Crippen LogP contribution is -2.37. The Morgan fingerprint density at radius 3 is 2.55 bits per heavy atom. The summed E-state index contributed by atoms with van der Waals surface area (Å²) in [5.74, 6) is 0.751. The number of alkyl halides is 3. The first kappa shape index (κ1) is 15.6. The first-order valence-electron chi connectivity index (χ1n) is 7.77. The molecule has 3 nitrogen and oxygen atoms in total. The van der Waals surface area contributed by atoms with Crippen LogP contribution in [0.2, 0.25) is 0 Å². The van der Waals surface area contributed by atoms with Crippen molar-refractivity contribution in [2.24, 2.45) is 5.92 Å². The van der Waals surface area contributed by atoms with E-state index in [1.165, 1.54) is 25.0 Å². The van der Waals surface area contributed by atoms with Gasteiger partial charge in [-0.1, -0.05) is 6.07 Å². The Labute approximate surface area is 128 Å². The fourth-order valence-corrected chi connectivity index (χ4v) is 2.72. The molecule has 0 radical (unpaired) electrons. The third-order valence-corrected chi connectivity index (χ3v) is 4.21.